The van der Waals surface area contributed by atoms with Gasteiger partial charge >= 0.3 is 0 Å². The summed E-state index contributed by atoms with van der Waals surface area (Å²) in [6.45, 7) is 2.90. The van der Waals surface area contributed by atoms with Crippen LogP contribution >= 0.6 is 23.2 Å². The van der Waals surface area contributed by atoms with E-state index >= 15 is 0 Å². The largest absolute Gasteiger partial charge is 0.334 e. The van der Waals surface area contributed by atoms with Gasteiger partial charge in [-0.25, -0.2) is 9.97 Å². The fourth-order valence-corrected chi connectivity index (χ4v) is 3.43. The highest BCUT2D eigenvalue weighted by atomic mass is 35.5. The van der Waals surface area contributed by atoms with Crippen LogP contribution in [0.5, 0.6) is 0 Å². The Bertz CT molecular complexity index is 768. The maximum atomic E-state index is 12.9. The van der Waals surface area contributed by atoms with Crippen molar-refractivity contribution < 1.29 is 4.79 Å². The van der Waals surface area contributed by atoms with Gasteiger partial charge in [0.1, 0.15) is 5.69 Å². The topological polar surface area (TPSA) is 58.1 Å². The molecule has 1 aliphatic rings. The van der Waals surface area contributed by atoms with E-state index in [0.29, 0.717) is 27.4 Å². The van der Waals surface area contributed by atoms with E-state index in [2.05, 4.69) is 22.2 Å². The standard InChI is InChI=1S/C18H20Cl2N4O/c1-2-13-5-3-4-10-24(13)17(25)15-8-9-21-18(22-15)23-16-11-12(19)6-7-14(16)20/h6-9,11,13H,2-5,10H2,1H3,(H,21,22,23). The number of carbonyl (C=O) groups excluding carboxylic acids is 1. The lowest BCUT2D eigenvalue weighted by Gasteiger charge is -2.35. The molecule has 0 spiro atoms. The van der Waals surface area contributed by atoms with E-state index in [4.69, 9.17) is 23.2 Å². The second kappa shape index (κ2) is 8.02. The highest BCUT2D eigenvalue weighted by Gasteiger charge is 2.27. The summed E-state index contributed by atoms with van der Waals surface area (Å²) in [4.78, 5) is 23.3. The van der Waals surface area contributed by atoms with Gasteiger partial charge in [0, 0.05) is 23.8 Å². The van der Waals surface area contributed by atoms with E-state index in [-0.39, 0.29) is 11.9 Å². The summed E-state index contributed by atoms with van der Waals surface area (Å²) in [5.74, 6) is 0.272. The number of halogens is 2. The Kier molecular flexibility index (Phi) is 5.76. The highest BCUT2D eigenvalue weighted by molar-refractivity contribution is 6.35. The molecule has 1 saturated heterocycles. The SMILES string of the molecule is CCC1CCCCN1C(=O)c1ccnc(Nc2cc(Cl)ccc2Cl)n1. The van der Waals surface area contributed by atoms with Gasteiger partial charge in [-0.15, -0.1) is 0 Å². The van der Waals surface area contributed by atoms with Gasteiger partial charge in [-0.1, -0.05) is 30.1 Å². The summed E-state index contributed by atoms with van der Waals surface area (Å²) in [7, 11) is 0. The Labute approximate surface area is 157 Å². The number of hydrogen-bond donors (Lipinski definition) is 1. The lowest BCUT2D eigenvalue weighted by molar-refractivity contribution is 0.0602. The van der Waals surface area contributed by atoms with Gasteiger partial charge in [0.15, 0.2) is 0 Å². The third-order valence-corrected chi connectivity index (χ3v) is 4.97. The van der Waals surface area contributed by atoms with Crippen molar-refractivity contribution in [3.63, 3.8) is 0 Å². The predicted octanol–water partition coefficient (Wildman–Crippen LogP) is 4.93. The van der Waals surface area contributed by atoms with Crippen LogP contribution in [0.1, 0.15) is 43.1 Å². The molecular formula is C18H20Cl2N4O. The molecule has 132 valence electrons. The van der Waals surface area contributed by atoms with E-state index in [0.717, 1.165) is 25.8 Å². The molecule has 25 heavy (non-hydrogen) atoms. The molecule has 0 saturated carbocycles. The molecule has 1 amide bonds. The van der Waals surface area contributed by atoms with Crippen LogP contribution in [0.2, 0.25) is 10.0 Å². The van der Waals surface area contributed by atoms with Crippen molar-refractivity contribution in [2.45, 2.75) is 38.6 Å². The summed E-state index contributed by atoms with van der Waals surface area (Å²) in [5, 5.41) is 4.09. The van der Waals surface area contributed by atoms with Crippen molar-refractivity contribution >= 4 is 40.7 Å². The van der Waals surface area contributed by atoms with Crippen LogP contribution < -0.4 is 5.32 Å². The number of hydrogen-bond acceptors (Lipinski definition) is 4. The first-order valence-corrected chi connectivity index (χ1v) is 9.20. The zero-order valence-electron chi connectivity index (χ0n) is 14.0. The first-order chi connectivity index (χ1) is 12.1. The van der Waals surface area contributed by atoms with Crippen molar-refractivity contribution in [1.29, 1.82) is 0 Å². The van der Waals surface area contributed by atoms with Crippen molar-refractivity contribution in [3.05, 3.63) is 46.2 Å². The van der Waals surface area contributed by atoms with Gasteiger partial charge in [0.2, 0.25) is 5.95 Å². The van der Waals surface area contributed by atoms with Gasteiger partial charge in [0.05, 0.1) is 10.7 Å². The van der Waals surface area contributed by atoms with Crippen molar-refractivity contribution in [1.82, 2.24) is 14.9 Å². The molecular weight excluding hydrogens is 359 g/mol. The van der Waals surface area contributed by atoms with Gasteiger partial charge in [-0.2, -0.15) is 0 Å². The number of carbonyl (C=O) groups is 1. The normalized spacial score (nSPS) is 17.4. The average molecular weight is 379 g/mol. The smallest absolute Gasteiger partial charge is 0.272 e. The molecule has 7 heteroatoms. The second-order valence-electron chi connectivity index (χ2n) is 6.07. The summed E-state index contributed by atoms with van der Waals surface area (Å²) in [5.41, 5.74) is 0.985. The molecule has 0 radical (unpaired) electrons. The summed E-state index contributed by atoms with van der Waals surface area (Å²) in [6, 6.07) is 7.03. The Morgan fingerprint density at radius 3 is 2.96 bits per heavy atom. The molecule has 1 fully saturated rings. The maximum absolute atomic E-state index is 12.9. The second-order valence-corrected chi connectivity index (χ2v) is 6.91. The van der Waals surface area contributed by atoms with Crippen molar-refractivity contribution in [2.24, 2.45) is 0 Å². The predicted molar refractivity (Wildman–Crippen MR) is 101 cm³/mol. The third kappa shape index (κ3) is 4.22. The molecule has 1 N–H and O–H groups in total. The van der Waals surface area contributed by atoms with E-state index in [1.807, 2.05) is 4.90 Å². The quantitative estimate of drug-likeness (QED) is 0.818. The molecule has 1 unspecified atom stereocenters. The molecule has 0 aliphatic carbocycles. The molecule has 1 atom stereocenters. The van der Waals surface area contributed by atoms with Crippen LogP contribution in [0.3, 0.4) is 0 Å². The number of anilines is 2. The zero-order chi connectivity index (χ0) is 17.8. The van der Waals surface area contributed by atoms with Crippen LogP contribution in [-0.2, 0) is 0 Å². The van der Waals surface area contributed by atoms with Gasteiger partial charge in [0.25, 0.3) is 5.91 Å². The number of amides is 1. The van der Waals surface area contributed by atoms with E-state index in [1.54, 1.807) is 30.5 Å². The minimum absolute atomic E-state index is 0.0470. The van der Waals surface area contributed by atoms with Crippen LogP contribution in [0.4, 0.5) is 11.6 Å². The number of nitrogens with one attached hydrogen (secondary N) is 1. The molecule has 1 aromatic heterocycles. The molecule has 1 aliphatic heterocycles. The Balaban J connectivity index is 1.81. The van der Waals surface area contributed by atoms with Crippen LogP contribution in [0.25, 0.3) is 0 Å². The van der Waals surface area contributed by atoms with Crippen molar-refractivity contribution in [3.8, 4) is 0 Å². The molecule has 5 nitrogen and oxygen atoms in total. The molecule has 0 bridgehead atoms. The number of rotatable bonds is 4. The van der Waals surface area contributed by atoms with Crippen LogP contribution in [-0.4, -0.2) is 33.4 Å². The Hall–Kier alpha value is -1.85. The number of nitrogens with zero attached hydrogens (tertiary/aromatic N) is 3. The lowest BCUT2D eigenvalue weighted by Crippen LogP contribution is -2.43. The monoisotopic (exact) mass is 378 g/mol. The van der Waals surface area contributed by atoms with E-state index in [1.165, 1.54) is 6.42 Å². The minimum Gasteiger partial charge on any atom is -0.334 e. The minimum atomic E-state index is -0.0470. The van der Waals surface area contributed by atoms with Gasteiger partial charge in [-0.05, 0) is 49.9 Å². The molecule has 2 heterocycles. The first-order valence-electron chi connectivity index (χ1n) is 8.44. The van der Waals surface area contributed by atoms with E-state index in [9.17, 15) is 4.79 Å². The van der Waals surface area contributed by atoms with Crippen LogP contribution in [0, 0.1) is 0 Å². The average Bonchev–Trinajstić information content (AvgIpc) is 2.64. The van der Waals surface area contributed by atoms with Crippen LogP contribution in [0.15, 0.2) is 30.5 Å². The lowest BCUT2D eigenvalue weighted by atomic mass is 9.99. The van der Waals surface area contributed by atoms with Crippen molar-refractivity contribution in [2.75, 3.05) is 11.9 Å². The summed E-state index contributed by atoms with van der Waals surface area (Å²) in [6.07, 6.45) is 5.80. The van der Waals surface area contributed by atoms with Gasteiger partial charge < -0.3 is 10.2 Å². The molecule has 1 aromatic carbocycles. The number of piperidine rings is 1. The molecule has 3 rings (SSSR count). The molecule has 2 aromatic rings. The van der Waals surface area contributed by atoms with Gasteiger partial charge in [-0.3, -0.25) is 4.79 Å². The fourth-order valence-electron chi connectivity index (χ4n) is 3.09. The van der Waals surface area contributed by atoms with E-state index < -0.39 is 0 Å². The Morgan fingerprint density at radius 1 is 1.32 bits per heavy atom. The number of benzene rings is 1. The zero-order valence-corrected chi connectivity index (χ0v) is 15.5. The summed E-state index contributed by atoms with van der Waals surface area (Å²) < 4.78 is 0. The third-order valence-electron chi connectivity index (χ3n) is 4.41. The highest BCUT2D eigenvalue weighted by Crippen LogP contribution is 2.27. The fraction of sp³-hybridized carbons (Fsp3) is 0.389. The summed E-state index contributed by atoms with van der Waals surface area (Å²) >= 11 is 12.2. The number of aromatic nitrogens is 2. The number of likely N-dealkylation sites (tertiary alicyclic amines) is 1. The first kappa shape index (κ1) is 18.0. The Morgan fingerprint density at radius 2 is 2.16 bits per heavy atom. The maximum Gasteiger partial charge on any atom is 0.272 e.